The van der Waals surface area contributed by atoms with Gasteiger partial charge in [-0.1, -0.05) is 42.5 Å². The van der Waals surface area contributed by atoms with E-state index < -0.39 is 5.92 Å². The van der Waals surface area contributed by atoms with Gasteiger partial charge >= 0.3 is 0 Å². The van der Waals surface area contributed by atoms with E-state index in [1.54, 1.807) is 0 Å². The predicted octanol–water partition coefficient (Wildman–Crippen LogP) is 2.36. The van der Waals surface area contributed by atoms with E-state index >= 15 is 0 Å². The second-order valence-corrected chi connectivity index (χ2v) is 5.65. The molecule has 4 unspecified atom stereocenters. The molecular formula is C16H14O2. The molecule has 90 valence electrons. The van der Waals surface area contributed by atoms with E-state index in [0.29, 0.717) is 11.8 Å². The van der Waals surface area contributed by atoms with E-state index in [-0.39, 0.29) is 23.4 Å². The number of allylic oxidation sites excluding steroid dienone is 2. The Bertz CT molecular complexity index is 528. The van der Waals surface area contributed by atoms with Crippen LogP contribution in [0.1, 0.15) is 17.9 Å². The number of hydrogen-bond acceptors (Lipinski definition) is 2. The zero-order valence-corrected chi connectivity index (χ0v) is 9.95. The average Bonchev–Trinajstić information content (AvgIpc) is 3.05. The Labute approximate surface area is 106 Å². The lowest BCUT2D eigenvalue weighted by atomic mass is 9.85. The monoisotopic (exact) mass is 238 g/mol. The van der Waals surface area contributed by atoms with Crippen LogP contribution in [0.15, 0.2) is 42.5 Å². The van der Waals surface area contributed by atoms with Crippen molar-refractivity contribution >= 4 is 11.6 Å². The van der Waals surface area contributed by atoms with Crippen molar-refractivity contribution < 1.29 is 9.59 Å². The fourth-order valence-electron chi connectivity index (χ4n) is 4.10. The third-order valence-electron chi connectivity index (χ3n) is 4.82. The molecule has 1 aromatic carbocycles. The first-order valence-electron chi connectivity index (χ1n) is 6.58. The van der Waals surface area contributed by atoms with Gasteiger partial charge in [0.2, 0.25) is 0 Å². The van der Waals surface area contributed by atoms with Crippen molar-refractivity contribution in [3.05, 3.63) is 48.0 Å². The van der Waals surface area contributed by atoms with Crippen LogP contribution in [0.4, 0.5) is 0 Å². The Balaban J connectivity index is 1.77. The van der Waals surface area contributed by atoms with Crippen LogP contribution in [0.2, 0.25) is 0 Å². The van der Waals surface area contributed by atoms with Gasteiger partial charge in [-0.2, -0.15) is 0 Å². The number of carbonyl (C=O) groups is 2. The van der Waals surface area contributed by atoms with Crippen LogP contribution in [0.3, 0.4) is 0 Å². The number of carbonyl (C=O) groups excluding carboxylic acids is 2. The number of ketones is 2. The van der Waals surface area contributed by atoms with Crippen molar-refractivity contribution in [2.45, 2.75) is 12.3 Å². The number of benzene rings is 1. The molecule has 4 rings (SSSR count). The maximum absolute atomic E-state index is 12.5. The third kappa shape index (κ3) is 1.13. The third-order valence-corrected chi connectivity index (χ3v) is 4.82. The zero-order chi connectivity index (χ0) is 12.3. The average molecular weight is 238 g/mol. The van der Waals surface area contributed by atoms with Gasteiger partial charge in [-0.3, -0.25) is 9.59 Å². The minimum absolute atomic E-state index is 0.0299. The van der Waals surface area contributed by atoms with Gasteiger partial charge in [-0.05, 0) is 23.8 Å². The van der Waals surface area contributed by atoms with Crippen LogP contribution < -0.4 is 0 Å². The Morgan fingerprint density at radius 3 is 1.94 bits per heavy atom. The quantitative estimate of drug-likeness (QED) is 0.556. The molecule has 0 amide bonds. The standard InChI is InChI=1S/C16H14O2/c17-15-12-10-6-7-11(8-10)13(12)16(18)14(15)9-4-2-1-3-5-9/h1-7,10-14H,8H2. The highest BCUT2D eigenvalue weighted by atomic mass is 16.2. The summed E-state index contributed by atoms with van der Waals surface area (Å²) in [7, 11) is 0. The molecule has 0 N–H and O–H groups in total. The molecule has 4 atom stereocenters. The summed E-state index contributed by atoms with van der Waals surface area (Å²) < 4.78 is 0. The predicted molar refractivity (Wildman–Crippen MR) is 66.9 cm³/mol. The summed E-state index contributed by atoms with van der Waals surface area (Å²) in [5.74, 6) is 0.415. The van der Waals surface area contributed by atoms with Crippen molar-refractivity contribution in [1.82, 2.24) is 0 Å². The van der Waals surface area contributed by atoms with E-state index in [0.717, 1.165) is 12.0 Å². The Morgan fingerprint density at radius 1 is 0.833 bits per heavy atom. The molecule has 2 fully saturated rings. The van der Waals surface area contributed by atoms with Gasteiger partial charge in [0, 0.05) is 11.8 Å². The van der Waals surface area contributed by atoms with Crippen LogP contribution in [0.25, 0.3) is 0 Å². The first-order chi connectivity index (χ1) is 8.77. The van der Waals surface area contributed by atoms with Gasteiger partial charge in [0.1, 0.15) is 5.92 Å². The largest absolute Gasteiger partial charge is 0.298 e. The van der Waals surface area contributed by atoms with Crippen LogP contribution in [0, 0.1) is 23.7 Å². The summed E-state index contributed by atoms with van der Waals surface area (Å²) in [6, 6.07) is 9.51. The van der Waals surface area contributed by atoms with Gasteiger partial charge in [0.25, 0.3) is 0 Å². The topological polar surface area (TPSA) is 34.1 Å². The fourth-order valence-corrected chi connectivity index (χ4v) is 4.10. The normalized spacial score (nSPS) is 40.6. The Hall–Kier alpha value is -1.70. The van der Waals surface area contributed by atoms with Crippen LogP contribution in [-0.4, -0.2) is 11.6 Å². The smallest absolute Gasteiger partial charge is 0.152 e. The number of fused-ring (bicyclic) bond motifs is 5. The van der Waals surface area contributed by atoms with E-state index in [2.05, 4.69) is 12.2 Å². The molecule has 3 aliphatic carbocycles. The van der Waals surface area contributed by atoms with Gasteiger partial charge in [0.15, 0.2) is 11.6 Å². The summed E-state index contributed by atoms with van der Waals surface area (Å²) in [5.41, 5.74) is 0.876. The Kier molecular flexibility index (Phi) is 1.94. The molecule has 2 heteroatoms. The summed E-state index contributed by atoms with van der Waals surface area (Å²) in [6.45, 7) is 0. The van der Waals surface area contributed by atoms with Crippen molar-refractivity contribution in [3.8, 4) is 0 Å². The van der Waals surface area contributed by atoms with Gasteiger partial charge in [0.05, 0.1) is 0 Å². The van der Waals surface area contributed by atoms with E-state index in [1.807, 2.05) is 30.3 Å². The van der Waals surface area contributed by atoms with Crippen LogP contribution in [-0.2, 0) is 9.59 Å². The van der Waals surface area contributed by atoms with Crippen molar-refractivity contribution in [2.75, 3.05) is 0 Å². The molecule has 0 aromatic heterocycles. The zero-order valence-electron chi connectivity index (χ0n) is 9.95. The first kappa shape index (κ1) is 10.2. The van der Waals surface area contributed by atoms with Gasteiger partial charge in [-0.15, -0.1) is 0 Å². The molecule has 0 heterocycles. The van der Waals surface area contributed by atoms with Crippen molar-refractivity contribution in [1.29, 1.82) is 0 Å². The van der Waals surface area contributed by atoms with Gasteiger partial charge in [-0.25, -0.2) is 0 Å². The lowest BCUT2D eigenvalue weighted by Crippen LogP contribution is -2.21. The lowest BCUT2D eigenvalue weighted by molar-refractivity contribution is -0.125. The molecule has 1 aromatic rings. The second kappa shape index (κ2) is 3.41. The molecule has 18 heavy (non-hydrogen) atoms. The van der Waals surface area contributed by atoms with Crippen molar-refractivity contribution in [3.63, 3.8) is 0 Å². The summed E-state index contributed by atoms with van der Waals surface area (Å²) in [4.78, 5) is 25.1. The maximum Gasteiger partial charge on any atom is 0.152 e. The molecule has 0 spiro atoms. The molecule has 0 aliphatic heterocycles. The van der Waals surface area contributed by atoms with Crippen LogP contribution in [0.5, 0.6) is 0 Å². The highest BCUT2D eigenvalue weighted by Crippen LogP contribution is 2.55. The van der Waals surface area contributed by atoms with E-state index in [4.69, 9.17) is 0 Å². The molecule has 3 aliphatic rings. The second-order valence-electron chi connectivity index (χ2n) is 5.65. The van der Waals surface area contributed by atoms with Crippen LogP contribution >= 0.6 is 0 Å². The highest BCUT2D eigenvalue weighted by molar-refractivity contribution is 6.16. The van der Waals surface area contributed by atoms with E-state index in [9.17, 15) is 9.59 Å². The molecule has 2 saturated carbocycles. The van der Waals surface area contributed by atoms with E-state index in [1.165, 1.54) is 0 Å². The molecule has 2 bridgehead atoms. The SMILES string of the molecule is O=C1C(c2ccccc2)C(=O)C2C3C=CC(C3)C12. The fraction of sp³-hybridized carbons (Fsp3) is 0.375. The summed E-state index contributed by atoms with van der Waals surface area (Å²) in [5, 5.41) is 0. The number of Topliss-reactive ketones (excluding diaryl/α,β-unsaturated/α-hetero) is 2. The number of hydrogen-bond donors (Lipinski definition) is 0. The first-order valence-corrected chi connectivity index (χ1v) is 6.58. The Morgan fingerprint density at radius 2 is 1.39 bits per heavy atom. The molecule has 2 nitrogen and oxygen atoms in total. The molecule has 0 radical (unpaired) electrons. The maximum atomic E-state index is 12.5. The number of rotatable bonds is 1. The lowest BCUT2D eigenvalue weighted by Gasteiger charge is -2.16. The summed E-state index contributed by atoms with van der Waals surface area (Å²) in [6.07, 6.45) is 5.29. The molecule has 0 saturated heterocycles. The minimum Gasteiger partial charge on any atom is -0.298 e. The highest BCUT2D eigenvalue weighted by Gasteiger charge is 2.59. The minimum atomic E-state index is -0.494. The summed E-state index contributed by atoms with van der Waals surface area (Å²) >= 11 is 0. The van der Waals surface area contributed by atoms with Gasteiger partial charge < -0.3 is 0 Å². The van der Waals surface area contributed by atoms with Crippen molar-refractivity contribution in [2.24, 2.45) is 23.7 Å². The molecular weight excluding hydrogens is 224 g/mol.